The predicted molar refractivity (Wildman–Crippen MR) is 55.2 cm³/mol. The van der Waals surface area contributed by atoms with Crippen molar-refractivity contribution in [3.63, 3.8) is 0 Å². The Kier molecular flexibility index (Phi) is 3.77. The summed E-state index contributed by atoms with van der Waals surface area (Å²) < 4.78 is 5.51. The van der Waals surface area contributed by atoms with E-state index in [9.17, 15) is 0 Å². The van der Waals surface area contributed by atoms with Gasteiger partial charge < -0.3 is 10.1 Å². The van der Waals surface area contributed by atoms with Gasteiger partial charge in [-0.3, -0.25) is 0 Å². The Hall–Kier alpha value is -1.02. The molecule has 0 radical (unpaired) electrons. The molecule has 0 bridgehead atoms. The number of rotatable bonds is 3. The number of nitrogens with one attached hydrogen (secondary N) is 1. The molecule has 0 unspecified atom stereocenters. The van der Waals surface area contributed by atoms with Gasteiger partial charge in [-0.1, -0.05) is 12.7 Å². The summed E-state index contributed by atoms with van der Waals surface area (Å²) in [4.78, 5) is 0. The Labute approximate surface area is 80.0 Å². The van der Waals surface area contributed by atoms with Gasteiger partial charge in [0.1, 0.15) is 5.76 Å². The molecule has 1 aliphatic heterocycles. The van der Waals surface area contributed by atoms with E-state index < -0.39 is 0 Å². The van der Waals surface area contributed by atoms with Crippen molar-refractivity contribution in [3.05, 3.63) is 35.8 Å². The van der Waals surface area contributed by atoms with Crippen LogP contribution in [-0.2, 0) is 4.74 Å². The molecule has 1 heterocycles. The average molecular weight is 179 g/mol. The monoisotopic (exact) mass is 179 g/mol. The summed E-state index contributed by atoms with van der Waals surface area (Å²) in [5.41, 5.74) is 1.22. The highest BCUT2D eigenvalue weighted by Gasteiger charge is 2.07. The number of allylic oxidation sites excluding steroid dienone is 3. The highest BCUT2D eigenvalue weighted by molar-refractivity contribution is 5.26. The zero-order valence-electron chi connectivity index (χ0n) is 8.39. The van der Waals surface area contributed by atoms with Crippen LogP contribution in [0.2, 0.25) is 0 Å². The van der Waals surface area contributed by atoms with E-state index in [0.717, 1.165) is 31.0 Å². The maximum Gasteiger partial charge on any atom is 0.122 e. The highest BCUT2D eigenvalue weighted by Crippen LogP contribution is 2.17. The fourth-order valence-corrected chi connectivity index (χ4v) is 1.19. The van der Waals surface area contributed by atoms with Crippen molar-refractivity contribution in [2.45, 2.75) is 20.3 Å². The third-order valence-electron chi connectivity index (χ3n) is 2.11. The second kappa shape index (κ2) is 4.87. The minimum atomic E-state index is 0.789. The molecule has 2 nitrogen and oxygen atoms in total. The summed E-state index contributed by atoms with van der Waals surface area (Å²) in [6.07, 6.45) is 5.08. The first-order valence-corrected chi connectivity index (χ1v) is 4.64. The van der Waals surface area contributed by atoms with Gasteiger partial charge in [-0.2, -0.15) is 0 Å². The van der Waals surface area contributed by atoms with Crippen LogP contribution >= 0.6 is 0 Å². The first kappa shape index (κ1) is 10.1. The van der Waals surface area contributed by atoms with Crippen LogP contribution in [0.4, 0.5) is 0 Å². The van der Waals surface area contributed by atoms with Crippen LogP contribution in [0, 0.1) is 0 Å². The van der Waals surface area contributed by atoms with Gasteiger partial charge in [0.05, 0.1) is 5.76 Å². The molecular weight excluding hydrogens is 162 g/mol. The van der Waals surface area contributed by atoms with Crippen molar-refractivity contribution in [1.82, 2.24) is 5.32 Å². The topological polar surface area (TPSA) is 21.3 Å². The van der Waals surface area contributed by atoms with Gasteiger partial charge in [-0.05, 0) is 38.5 Å². The molecule has 0 spiro atoms. The minimum Gasteiger partial charge on any atom is -0.463 e. The van der Waals surface area contributed by atoms with E-state index in [1.54, 1.807) is 0 Å². The first-order chi connectivity index (χ1) is 6.24. The average Bonchev–Trinajstić information content (AvgIpc) is 2.19. The summed E-state index contributed by atoms with van der Waals surface area (Å²) in [6, 6.07) is 0. The largest absolute Gasteiger partial charge is 0.463 e. The molecule has 1 rings (SSSR count). The molecule has 0 fully saturated rings. The zero-order chi connectivity index (χ0) is 9.68. The lowest BCUT2D eigenvalue weighted by Gasteiger charge is -2.16. The summed E-state index contributed by atoms with van der Waals surface area (Å²) in [7, 11) is 0. The molecule has 0 saturated carbocycles. The van der Waals surface area contributed by atoms with Crippen molar-refractivity contribution in [3.8, 4) is 0 Å². The SMILES string of the molecule is C=C(O/C(C)=C\C)C1=CCNCC1. The molecule has 1 N–H and O–H groups in total. The van der Waals surface area contributed by atoms with Gasteiger partial charge in [-0.25, -0.2) is 0 Å². The highest BCUT2D eigenvalue weighted by atomic mass is 16.5. The van der Waals surface area contributed by atoms with Crippen LogP contribution in [0.15, 0.2) is 35.8 Å². The Morgan fingerprint density at radius 3 is 3.00 bits per heavy atom. The summed E-state index contributed by atoms with van der Waals surface area (Å²) in [5.74, 6) is 1.70. The van der Waals surface area contributed by atoms with Crippen LogP contribution in [0.5, 0.6) is 0 Å². The first-order valence-electron chi connectivity index (χ1n) is 4.64. The smallest absolute Gasteiger partial charge is 0.122 e. The summed E-state index contributed by atoms with van der Waals surface area (Å²) >= 11 is 0. The van der Waals surface area contributed by atoms with Gasteiger partial charge in [0, 0.05) is 6.54 Å². The van der Waals surface area contributed by atoms with Gasteiger partial charge in [-0.15, -0.1) is 0 Å². The molecule has 0 aromatic heterocycles. The third-order valence-corrected chi connectivity index (χ3v) is 2.11. The van der Waals surface area contributed by atoms with Gasteiger partial charge in [0.15, 0.2) is 0 Å². The molecule has 0 aromatic rings. The third kappa shape index (κ3) is 3.07. The molecule has 2 heteroatoms. The summed E-state index contributed by atoms with van der Waals surface area (Å²) in [6.45, 7) is 9.74. The van der Waals surface area contributed by atoms with E-state index in [1.165, 1.54) is 5.57 Å². The van der Waals surface area contributed by atoms with Gasteiger partial charge in [0.25, 0.3) is 0 Å². The van der Waals surface area contributed by atoms with Crippen molar-refractivity contribution in [2.24, 2.45) is 0 Å². The Morgan fingerprint density at radius 2 is 2.46 bits per heavy atom. The lowest BCUT2D eigenvalue weighted by atomic mass is 10.1. The number of hydrogen-bond donors (Lipinski definition) is 1. The van der Waals surface area contributed by atoms with Crippen LogP contribution in [0.3, 0.4) is 0 Å². The predicted octanol–water partition coefficient (Wildman–Crippen LogP) is 2.36. The van der Waals surface area contributed by atoms with Crippen molar-refractivity contribution in [2.75, 3.05) is 13.1 Å². The van der Waals surface area contributed by atoms with Crippen LogP contribution in [0.25, 0.3) is 0 Å². The van der Waals surface area contributed by atoms with E-state index in [0.29, 0.717) is 0 Å². The van der Waals surface area contributed by atoms with Crippen molar-refractivity contribution in [1.29, 1.82) is 0 Å². The maximum atomic E-state index is 5.51. The Balaban J connectivity index is 2.52. The maximum absolute atomic E-state index is 5.51. The van der Waals surface area contributed by atoms with Crippen molar-refractivity contribution >= 4 is 0 Å². The second-order valence-corrected chi connectivity index (χ2v) is 3.11. The van der Waals surface area contributed by atoms with Crippen LogP contribution in [-0.4, -0.2) is 13.1 Å². The normalized spacial score (nSPS) is 18.0. The van der Waals surface area contributed by atoms with E-state index in [-0.39, 0.29) is 0 Å². The van der Waals surface area contributed by atoms with E-state index in [4.69, 9.17) is 4.74 Å². The van der Waals surface area contributed by atoms with Crippen LogP contribution < -0.4 is 5.32 Å². The van der Waals surface area contributed by atoms with Gasteiger partial charge >= 0.3 is 0 Å². The molecule has 0 atom stereocenters. The Bertz CT molecular complexity index is 251. The van der Waals surface area contributed by atoms with Gasteiger partial charge in [0.2, 0.25) is 0 Å². The number of ether oxygens (including phenoxy) is 1. The lowest BCUT2D eigenvalue weighted by molar-refractivity contribution is 0.313. The number of hydrogen-bond acceptors (Lipinski definition) is 2. The molecular formula is C11H17NO. The standard InChI is InChI=1S/C11H17NO/c1-4-9(2)13-10(3)11-5-7-12-8-6-11/h4-5,12H,3,6-8H2,1-2H3/b9-4-. The molecule has 13 heavy (non-hydrogen) atoms. The second-order valence-electron chi connectivity index (χ2n) is 3.11. The van der Waals surface area contributed by atoms with E-state index in [2.05, 4.69) is 18.0 Å². The molecule has 0 saturated heterocycles. The Morgan fingerprint density at radius 1 is 1.69 bits per heavy atom. The molecule has 0 aromatic carbocycles. The van der Waals surface area contributed by atoms with E-state index in [1.807, 2.05) is 19.9 Å². The molecule has 0 aliphatic carbocycles. The lowest BCUT2D eigenvalue weighted by Crippen LogP contribution is -2.21. The molecule has 1 aliphatic rings. The fourth-order valence-electron chi connectivity index (χ4n) is 1.19. The fraction of sp³-hybridized carbons (Fsp3) is 0.455. The molecule has 72 valence electrons. The van der Waals surface area contributed by atoms with Crippen molar-refractivity contribution < 1.29 is 4.74 Å². The zero-order valence-corrected chi connectivity index (χ0v) is 8.39. The summed E-state index contributed by atoms with van der Waals surface area (Å²) in [5, 5.41) is 3.25. The van der Waals surface area contributed by atoms with E-state index >= 15 is 0 Å². The molecule has 0 amide bonds. The quantitative estimate of drug-likeness (QED) is 0.671. The minimum absolute atomic E-state index is 0.789. The van der Waals surface area contributed by atoms with Crippen LogP contribution in [0.1, 0.15) is 20.3 Å².